The Morgan fingerprint density at radius 1 is 1.27 bits per heavy atom. The predicted molar refractivity (Wildman–Crippen MR) is 83.9 cm³/mol. The van der Waals surface area contributed by atoms with Gasteiger partial charge in [-0.25, -0.2) is 9.82 Å². The average Bonchev–Trinajstić information content (AvgIpc) is 2.52. The number of phenols is 1. The largest absolute Gasteiger partial charge is 0.508 e. The molecule has 0 saturated carbocycles. The second-order valence-corrected chi connectivity index (χ2v) is 5.93. The molecule has 22 heavy (non-hydrogen) atoms. The fourth-order valence-electron chi connectivity index (χ4n) is 2.19. The Labute approximate surface area is 131 Å². The van der Waals surface area contributed by atoms with E-state index in [1.165, 1.54) is 24.3 Å². The molecule has 0 fully saturated rings. The third-order valence-corrected chi connectivity index (χ3v) is 4.32. The summed E-state index contributed by atoms with van der Waals surface area (Å²) in [6.07, 6.45) is 0.654. The van der Waals surface area contributed by atoms with Crippen LogP contribution in [0.5, 0.6) is 5.75 Å². The van der Waals surface area contributed by atoms with Crippen molar-refractivity contribution >= 4 is 23.4 Å². The second-order valence-electron chi connectivity index (χ2n) is 4.79. The van der Waals surface area contributed by atoms with Crippen LogP contribution in [0.15, 0.2) is 52.5 Å². The summed E-state index contributed by atoms with van der Waals surface area (Å²) in [5.41, 5.74) is 4.15. The monoisotopic (exact) mass is 316 g/mol. The van der Waals surface area contributed by atoms with Crippen LogP contribution in [0.2, 0.25) is 0 Å². The van der Waals surface area contributed by atoms with Gasteiger partial charge in [-0.2, -0.15) is 5.10 Å². The third-order valence-electron chi connectivity index (χ3n) is 3.25. The molecular weight excluding hydrogens is 303 g/mol. The van der Waals surface area contributed by atoms with Gasteiger partial charge in [0.2, 0.25) is 0 Å². The number of benzene rings is 2. The number of halogens is 1. The van der Waals surface area contributed by atoms with Gasteiger partial charge in [0, 0.05) is 28.2 Å². The molecule has 0 aliphatic carbocycles. The number of rotatable bonds is 2. The summed E-state index contributed by atoms with van der Waals surface area (Å²) in [4.78, 5) is 13.0. The van der Waals surface area contributed by atoms with Crippen LogP contribution >= 0.6 is 11.8 Å². The smallest absolute Gasteiger partial charge is 0.271 e. The zero-order valence-corrected chi connectivity index (χ0v) is 12.4. The summed E-state index contributed by atoms with van der Waals surface area (Å²) in [5.74, 6) is 0.106. The van der Waals surface area contributed by atoms with Crippen molar-refractivity contribution in [2.24, 2.45) is 5.10 Å². The van der Waals surface area contributed by atoms with Gasteiger partial charge in [-0.3, -0.25) is 4.79 Å². The number of phenolic OH excluding ortho intramolecular Hbond substituents is 1. The van der Waals surface area contributed by atoms with Gasteiger partial charge in [0.25, 0.3) is 5.91 Å². The Morgan fingerprint density at radius 3 is 2.95 bits per heavy atom. The van der Waals surface area contributed by atoms with E-state index < -0.39 is 5.91 Å². The Balaban J connectivity index is 1.82. The maximum atomic E-state index is 13.4. The van der Waals surface area contributed by atoms with E-state index in [1.54, 1.807) is 30.0 Å². The zero-order chi connectivity index (χ0) is 15.5. The van der Waals surface area contributed by atoms with Gasteiger partial charge in [0.05, 0.1) is 5.71 Å². The quantitative estimate of drug-likeness (QED) is 0.837. The predicted octanol–water partition coefficient (Wildman–Crippen LogP) is 3.16. The van der Waals surface area contributed by atoms with Gasteiger partial charge in [-0.15, -0.1) is 11.8 Å². The van der Waals surface area contributed by atoms with Crippen LogP contribution in [0.4, 0.5) is 4.39 Å². The summed E-state index contributed by atoms with van der Waals surface area (Å²) >= 11 is 1.64. The van der Waals surface area contributed by atoms with Gasteiger partial charge in [0.1, 0.15) is 11.6 Å². The van der Waals surface area contributed by atoms with E-state index in [2.05, 4.69) is 10.5 Å². The Morgan fingerprint density at radius 2 is 2.14 bits per heavy atom. The van der Waals surface area contributed by atoms with Gasteiger partial charge in [-0.1, -0.05) is 6.07 Å². The lowest BCUT2D eigenvalue weighted by molar-refractivity contribution is 0.0954. The minimum atomic E-state index is -0.417. The molecule has 0 spiro atoms. The van der Waals surface area contributed by atoms with E-state index in [9.17, 15) is 14.3 Å². The highest BCUT2D eigenvalue weighted by Gasteiger charge is 2.17. The standard InChI is InChI=1S/C16H13FN2O2S/c17-11-4-5-15-13(9-11)14(6-7-22-15)18-19-16(21)10-2-1-3-12(20)8-10/h1-5,8-9,20H,6-7H2,(H,19,21). The van der Waals surface area contributed by atoms with Crippen LogP contribution in [0, 0.1) is 5.82 Å². The maximum Gasteiger partial charge on any atom is 0.271 e. The number of aromatic hydroxyl groups is 1. The minimum absolute atomic E-state index is 0.0155. The summed E-state index contributed by atoms with van der Waals surface area (Å²) < 4.78 is 13.4. The van der Waals surface area contributed by atoms with Gasteiger partial charge < -0.3 is 5.11 Å². The number of nitrogens with zero attached hydrogens (tertiary/aromatic N) is 1. The van der Waals surface area contributed by atoms with Crippen LogP contribution < -0.4 is 5.43 Å². The lowest BCUT2D eigenvalue weighted by Crippen LogP contribution is -2.21. The molecule has 0 atom stereocenters. The summed E-state index contributed by atoms with van der Waals surface area (Å²) in [7, 11) is 0. The Hall–Kier alpha value is -2.34. The number of fused-ring (bicyclic) bond motifs is 1. The number of carbonyl (C=O) groups is 1. The van der Waals surface area contributed by atoms with Gasteiger partial charge in [0.15, 0.2) is 0 Å². The molecule has 0 bridgehead atoms. The van der Waals surface area contributed by atoms with Gasteiger partial charge in [-0.05, 0) is 36.4 Å². The van der Waals surface area contributed by atoms with E-state index in [-0.39, 0.29) is 11.6 Å². The van der Waals surface area contributed by atoms with E-state index in [0.29, 0.717) is 23.3 Å². The van der Waals surface area contributed by atoms with Crippen LogP contribution in [-0.4, -0.2) is 22.5 Å². The molecule has 4 nitrogen and oxygen atoms in total. The first kappa shape index (κ1) is 14.6. The minimum Gasteiger partial charge on any atom is -0.508 e. The van der Waals surface area contributed by atoms with Crippen molar-refractivity contribution in [1.82, 2.24) is 5.43 Å². The normalized spacial score (nSPS) is 15.4. The fourth-order valence-corrected chi connectivity index (χ4v) is 3.20. The van der Waals surface area contributed by atoms with E-state index >= 15 is 0 Å². The molecule has 6 heteroatoms. The number of hydrazone groups is 1. The number of hydrogen-bond donors (Lipinski definition) is 2. The van der Waals surface area contributed by atoms with Crippen LogP contribution in [0.3, 0.4) is 0 Å². The first-order valence-electron chi connectivity index (χ1n) is 6.72. The van der Waals surface area contributed by atoms with Crippen molar-refractivity contribution in [3.63, 3.8) is 0 Å². The molecule has 2 N–H and O–H groups in total. The molecule has 1 aliphatic heterocycles. The molecule has 3 rings (SSSR count). The molecule has 2 aromatic carbocycles. The first-order chi connectivity index (χ1) is 10.6. The first-order valence-corrected chi connectivity index (χ1v) is 7.71. The van der Waals surface area contributed by atoms with Crippen molar-refractivity contribution < 1.29 is 14.3 Å². The summed E-state index contributed by atoms with van der Waals surface area (Å²) in [6, 6.07) is 10.6. The molecular formula is C16H13FN2O2S. The fraction of sp³-hybridized carbons (Fsp3) is 0.125. The van der Waals surface area contributed by atoms with Crippen molar-refractivity contribution in [3.05, 3.63) is 59.4 Å². The molecule has 0 aromatic heterocycles. The van der Waals surface area contributed by atoms with Crippen molar-refractivity contribution in [3.8, 4) is 5.75 Å². The number of carbonyl (C=O) groups excluding carboxylic acids is 1. The van der Waals surface area contributed by atoms with Crippen LogP contribution in [0.25, 0.3) is 0 Å². The topological polar surface area (TPSA) is 61.7 Å². The Kier molecular flexibility index (Phi) is 4.11. The van der Waals surface area contributed by atoms with Crippen molar-refractivity contribution in [1.29, 1.82) is 0 Å². The highest BCUT2D eigenvalue weighted by Crippen LogP contribution is 2.30. The molecule has 0 unspecified atom stereocenters. The highest BCUT2D eigenvalue weighted by molar-refractivity contribution is 7.99. The number of amides is 1. The molecule has 0 radical (unpaired) electrons. The molecule has 0 saturated heterocycles. The molecule has 2 aromatic rings. The average molecular weight is 316 g/mol. The van der Waals surface area contributed by atoms with E-state index in [4.69, 9.17) is 0 Å². The lowest BCUT2D eigenvalue weighted by Gasteiger charge is -2.17. The van der Waals surface area contributed by atoms with Crippen LogP contribution in [-0.2, 0) is 0 Å². The maximum absolute atomic E-state index is 13.4. The van der Waals surface area contributed by atoms with Gasteiger partial charge >= 0.3 is 0 Å². The Bertz CT molecular complexity index is 762. The van der Waals surface area contributed by atoms with E-state index in [0.717, 1.165) is 10.6 Å². The summed E-state index contributed by atoms with van der Waals surface area (Å²) in [6.45, 7) is 0. The zero-order valence-electron chi connectivity index (χ0n) is 11.5. The number of hydrogen-bond acceptors (Lipinski definition) is 4. The lowest BCUT2D eigenvalue weighted by atomic mass is 10.1. The molecule has 1 heterocycles. The number of thioether (sulfide) groups is 1. The second kappa shape index (κ2) is 6.19. The third kappa shape index (κ3) is 3.12. The highest BCUT2D eigenvalue weighted by atomic mass is 32.2. The SMILES string of the molecule is O=C(NN=C1CCSc2ccc(F)cc21)c1cccc(O)c1. The van der Waals surface area contributed by atoms with E-state index in [1.807, 2.05) is 0 Å². The van der Waals surface area contributed by atoms with Crippen molar-refractivity contribution in [2.45, 2.75) is 11.3 Å². The summed E-state index contributed by atoms with van der Waals surface area (Å²) in [5, 5.41) is 13.5. The van der Waals surface area contributed by atoms with Crippen LogP contribution in [0.1, 0.15) is 22.3 Å². The van der Waals surface area contributed by atoms with Crippen molar-refractivity contribution in [2.75, 3.05) is 5.75 Å². The number of nitrogens with one attached hydrogen (secondary N) is 1. The molecule has 1 amide bonds. The molecule has 1 aliphatic rings. The molecule has 112 valence electrons.